The van der Waals surface area contributed by atoms with Gasteiger partial charge in [-0.05, 0) is 35.9 Å². The number of rotatable bonds is 4. The molecule has 1 N–H and O–H groups in total. The SMILES string of the molecule is OC(C1=CCCO1)c1cccc(Oc2ccccc2)c1. The van der Waals surface area contributed by atoms with Crippen molar-refractivity contribution in [3.05, 3.63) is 72.0 Å². The Morgan fingerprint density at radius 1 is 1.00 bits per heavy atom. The fourth-order valence-electron chi connectivity index (χ4n) is 2.16. The van der Waals surface area contributed by atoms with Crippen molar-refractivity contribution in [3.8, 4) is 11.5 Å². The summed E-state index contributed by atoms with van der Waals surface area (Å²) in [6.07, 6.45) is 2.05. The average Bonchev–Trinajstić information content (AvgIpc) is 3.02. The van der Waals surface area contributed by atoms with Crippen LogP contribution in [0.4, 0.5) is 0 Å². The zero-order valence-corrected chi connectivity index (χ0v) is 11.0. The van der Waals surface area contributed by atoms with Gasteiger partial charge in [0.25, 0.3) is 0 Å². The van der Waals surface area contributed by atoms with Crippen LogP contribution < -0.4 is 4.74 Å². The van der Waals surface area contributed by atoms with Crippen LogP contribution in [-0.4, -0.2) is 11.7 Å². The summed E-state index contributed by atoms with van der Waals surface area (Å²) in [6.45, 7) is 0.645. The first-order valence-electron chi connectivity index (χ1n) is 6.67. The number of hydrogen-bond donors (Lipinski definition) is 1. The second-order valence-corrected chi connectivity index (χ2v) is 4.63. The third kappa shape index (κ3) is 2.83. The van der Waals surface area contributed by atoms with Crippen molar-refractivity contribution in [2.24, 2.45) is 0 Å². The molecule has 0 bridgehead atoms. The Morgan fingerprint density at radius 2 is 1.80 bits per heavy atom. The van der Waals surface area contributed by atoms with E-state index in [-0.39, 0.29) is 0 Å². The number of benzene rings is 2. The van der Waals surface area contributed by atoms with Crippen molar-refractivity contribution in [1.29, 1.82) is 0 Å². The largest absolute Gasteiger partial charge is 0.495 e. The van der Waals surface area contributed by atoms with Crippen molar-refractivity contribution in [2.75, 3.05) is 6.61 Å². The second-order valence-electron chi connectivity index (χ2n) is 4.63. The highest BCUT2D eigenvalue weighted by Gasteiger charge is 2.18. The summed E-state index contributed by atoms with van der Waals surface area (Å²) >= 11 is 0. The lowest BCUT2D eigenvalue weighted by molar-refractivity contribution is 0.119. The summed E-state index contributed by atoms with van der Waals surface area (Å²) in [7, 11) is 0. The third-order valence-corrected chi connectivity index (χ3v) is 3.15. The van der Waals surface area contributed by atoms with Crippen LogP contribution in [-0.2, 0) is 4.74 Å². The van der Waals surface area contributed by atoms with Gasteiger partial charge in [0.2, 0.25) is 0 Å². The molecule has 0 radical (unpaired) electrons. The van der Waals surface area contributed by atoms with Crippen LogP contribution in [0.1, 0.15) is 18.1 Å². The molecule has 0 fully saturated rings. The Bertz CT molecular complexity index is 605. The molecule has 1 aliphatic heterocycles. The minimum atomic E-state index is -0.725. The minimum Gasteiger partial charge on any atom is -0.495 e. The molecule has 0 aromatic heterocycles. The number of para-hydroxylation sites is 1. The molecule has 1 atom stereocenters. The van der Waals surface area contributed by atoms with E-state index < -0.39 is 6.10 Å². The van der Waals surface area contributed by atoms with Crippen LogP contribution in [0.15, 0.2) is 66.4 Å². The van der Waals surface area contributed by atoms with Crippen molar-refractivity contribution in [3.63, 3.8) is 0 Å². The second kappa shape index (κ2) is 5.80. The van der Waals surface area contributed by atoms with E-state index in [0.29, 0.717) is 18.1 Å². The van der Waals surface area contributed by atoms with Gasteiger partial charge in [0.15, 0.2) is 0 Å². The summed E-state index contributed by atoms with van der Waals surface area (Å²) in [6, 6.07) is 17.0. The molecule has 3 rings (SSSR count). The highest BCUT2D eigenvalue weighted by molar-refractivity contribution is 5.36. The normalized spacial score (nSPS) is 15.3. The Morgan fingerprint density at radius 3 is 2.55 bits per heavy atom. The molecule has 1 heterocycles. The maximum Gasteiger partial charge on any atom is 0.136 e. The van der Waals surface area contributed by atoms with E-state index in [1.807, 2.05) is 60.7 Å². The molecule has 20 heavy (non-hydrogen) atoms. The van der Waals surface area contributed by atoms with Crippen molar-refractivity contribution >= 4 is 0 Å². The predicted molar refractivity (Wildman–Crippen MR) is 76.6 cm³/mol. The van der Waals surface area contributed by atoms with E-state index in [9.17, 15) is 5.11 Å². The van der Waals surface area contributed by atoms with Crippen LogP contribution in [0, 0.1) is 0 Å². The lowest BCUT2D eigenvalue weighted by Crippen LogP contribution is -2.02. The summed E-state index contributed by atoms with van der Waals surface area (Å²) < 4.78 is 11.2. The highest BCUT2D eigenvalue weighted by Crippen LogP contribution is 2.29. The van der Waals surface area contributed by atoms with Crippen molar-refractivity contribution < 1.29 is 14.6 Å². The lowest BCUT2D eigenvalue weighted by Gasteiger charge is -2.14. The van der Waals surface area contributed by atoms with E-state index in [4.69, 9.17) is 9.47 Å². The zero-order chi connectivity index (χ0) is 13.8. The van der Waals surface area contributed by atoms with Crippen LogP contribution in [0.25, 0.3) is 0 Å². The summed E-state index contributed by atoms with van der Waals surface area (Å²) in [5.74, 6) is 2.10. The molecule has 3 nitrogen and oxygen atoms in total. The van der Waals surface area contributed by atoms with E-state index in [1.54, 1.807) is 0 Å². The van der Waals surface area contributed by atoms with Gasteiger partial charge in [0.1, 0.15) is 23.4 Å². The molecule has 1 unspecified atom stereocenters. The minimum absolute atomic E-state index is 0.627. The molecule has 0 saturated heterocycles. The Hall–Kier alpha value is -2.26. The molecule has 3 heteroatoms. The van der Waals surface area contributed by atoms with Crippen LogP contribution in [0.2, 0.25) is 0 Å². The van der Waals surface area contributed by atoms with Gasteiger partial charge >= 0.3 is 0 Å². The topological polar surface area (TPSA) is 38.7 Å². The van der Waals surface area contributed by atoms with Crippen LogP contribution in [0.3, 0.4) is 0 Å². The highest BCUT2D eigenvalue weighted by atomic mass is 16.5. The molecule has 0 amide bonds. The summed E-state index contributed by atoms with van der Waals surface area (Å²) in [5.41, 5.74) is 0.770. The quantitative estimate of drug-likeness (QED) is 0.916. The van der Waals surface area contributed by atoms with Gasteiger partial charge in [0, 0.05) is 6.42 Å². The van der Waals surface area contributed by atoms with E-state index in [0.717, 1.165) is 17.7 Å². The number of aliphatic hydroxyl groups excluding tert-OH is 1. The first-order valence-corrected chi connectivity index (χ1v) is 6.67. The Kier molecular flexibility index (Phi) is 3.70. The molecule has 102 valence electrons. The molecule has 0 aliphatic carbocycles. The van der Waals surface area contributed by atoms with Crippen molar-refractivity contribution in [2.45, 2.75) is 12.5 Å². The Balaban J connectivity index is 1.79. The number of aliphatic hydroxyl groups is 1. The van der Waals surface area contributed by atoms with Gasteiger partial charge in [-0.1, -0.05) is 30.3 Å². The van der Waals surface area contributed by atoms with Crippen molar-refractivity contribution in [1.82, 2.24) is 0 Å². The molecule has 0 saturated carbocycles. The smallest absolute Gasteiger partial charge is 0.136 e. The standard InChI is InChI=1S/C17H16O3/c18-17(16-10-5-11-19-16)13-6-4-9-15(12-13)20-14-7-2-1-3-8-14/h1-4,6-10,12,17-18H,5,11H2. The lowest BCUT2D eigenvalue weighted by atomic mass is 10.1. The van der Waals surface area contributed by atoms with Gasteiger partial charge in [-0.25, -0.2) is 0 Å². The average molecular weight is 268 g/mol. The summed E-state index contributed by atoms with van der Waals surface area (Å²) in [4.78, 5) is 0. The van der Waals surface area contributed by atoms with Gasteiger partial charge in [0.05, 0.1) is 6.61 Å². The monoisotopic (exact) mass is 268 g/mol. The maximum atomic E-state index is 10.3. The zero-order valence-electron chi connectivity index (χ0n) is 11.0. The maximum absolute atomic E-state index is 10.3. The molecule has 0 spiro atoms. The first-order chi connectivity index (χ1) is 9.83. The third-order valence-electron chi connectivity index (χ3n) is 3.15. The van der Waals surface area contributed by atoms with E-state index in [2.05, 4.69) is 0 Å². The fourth-order valence-corrected chi connectivity index (χ4v) is 2.16. The molecule has 1 aliphatic rings. The van der Waals surface area contributed by atoms with Gasteiger partial charge in [-0.15, -0.1) is 0 Å². The fraction of sp³-hybridized carbons (Fsp3) is 0.176. The molecule has 2 aromatic carbocycles. The molecule has 2 aromatic rings. The number of ether oxygens (including phenoxy) is 2. The Labute approximate surface area is 118 Å². The molecular weight excluding hydrogens is 252 g/mol. The number of hydrogen-bond acceptors (Lipinski definition) is 3. The summed E-state index contributed by atoms with van der Waals surface area (Å²) in [5, 5.41) is 10.3. The van der Waals surface area contributed by atoms with Gasteiger partial charge < -0.3 is 14.6 Å². The first kappa shape index (κ1) is 12.8. The van der Waals surface area contributed by atoms with Crippen LogP contribution in [0.5, 0.6) is 11.5 Å². The van der Waals surface area contributed by atoms with E-state index >= 15 is 0 Å². The van der Waals surface area contributed by atoms with E-state index in [1.165, 1.54) is 0 Å². The molecular formula is C17H16O3. The van der Waals surface area contributed by atoms with Gasteiger partial charge in [-0.3, -0.25) is 0 Å². The van der Waals surface area contributed by atoms with Gasteiger partial charge in [-0.2, -0.15) is 0 Å². The van der Waals surface area contributed by atoms with Crippen LogP contribution >= 0.6 is 0 Å². The predicted octanol–water partition coefficient (Wildman–Crippen LogP) is 3.82.